The second-order valence-corrected chi connectivity index (χ2v) is 4.91. The molecule has 0 aliphatic rings. The average molecular weight is 270 g/mol. The first-order valence-corrected chi connectivity index (χ1v) is 6.35. The normalized spacial score (nSPS) is 10.8. The first-order chi connectivity index (χ1) is 8.19. The van der Waals surface area contributed by atoms with Gasteiger partial charge in [-0.05, 0) is 42.4 Å². The molecule has 0 atom stereocenters. The summed E-state index contributed by atoms with van der Waals surface area (Å²) < 4.78 is 5.33. The first kappa shape index (κ1) is 12.4. The van der Waals surface area contributed by atoms with Crippen LogP contribution < -0.4 is 5.73 Å². The summed E-state index contributed by atoms with van der Waals surface area (Å²) in [5.41, 5.74) is 6.71. The molecule has 0 radical (unpaired) electrons. The summed E-state index contributed by atoms with van der Waals surface area (Å²) in [6.45, 7) is 2.36. The summed E-state index contributed by atoms with van der Waals surface area (Å²) in [6.07, 6.45) is 0.798. The third-order valence-corrected chi connectivity index (χ3v) is 3.32. The molecular weight excluding hydrogens is 258 g/mol. The molecule has 1 aromatic carbocycles. The van der Waals surface area contributed by atoms with Crippen LogP contribution in [0.4, 0.5) is 0 Å². The molecule has 0 saturated carbocycles. The number of benzene rings is 1. The molecule has 17 heavy (non-hydrogen) atoms. The number of halogens is 1. The van der Waals surface area contributed by atoms with Gasteiger partial charge in [-0.3, -0.25) is 0 Å². The summed E-state index contributed by atoms with van der Waals surface area (Å²) >= 11 is 7.39. The van der Waals surface area contributed by atoms with Crippen LogP contribution in [0, 0.1) is 6.92 Å². The van der Waals surface area contributed by atoms with Crippen LogP contribution in [0.25, 0.3) is 0 Å². The Morgan fingerprint density at radius 2 is 2.24 bits per heavy atom. The second kappa shape index (κ2) is 5.53. The molecule has 90 valence electrons. The van der Waals surface area contributed by atoms with Crippen molar-refractivity contribution in [3.05, 3.63) is 34.7 Å². The number of nitrogens with zero attached hydrogens (tertiary/aromatic N) is 2. The van der Waals surface area contributed by atoms with Crippen molar-refractivity contribution in [2.75, 3.05) is 6.54 Å². The molecule has 0 aliphatic heterocycles. The Morgan fingerprint density at radius 3 is 2.88 bits per heavy atom. The smallest absolute Gasteiger partial charge is 0.281 e. The number of nitrogens with two attached hydrogens (primary N) is 1. The van der Waals surface area contributed by atoms with E-state index in [2.05, 4.69) is 10.2 Å². The molecular formula is C11H12ClN3OS. The van der Waals surface area contributed by atoms with Crippen molar-refractivity contribution in [2.24, 2.45) is 5.73 Å². The van der Waals surface area contributed by atoms with Gasteiger partial charge in [-0.15, -0.1) is 10.2 Å². The predicted molar refractivity (Wildman–Crippen MR) is 67.4 cm³/mol. The Labute approximate surface area is 109 Å². The van der Waals surface area contributed by atoms with Gasteiger partial charge in [0.15, 0.2) is 0 Å². The summed E-state index contributed by atoms with van der Waals surface area (Å²) in [6, 6.07) is 5.72. The van der Waals surface area contributed by atoms with Gasteiger partial charge in [0.2, 0.25) is 5.89 Å². The van der Waals surface area contributed by atoms with Crippen molar-refractivity contribution >= 4 is 23.4 Å². The topological polar surface area (TPSA) is 64.9 Å². The third-order valence-electron chi connectivity index (χ3n) is 2.15. The maximum absolute atomic E-state index is 5.98. The van der Waals surface area contributed by atoms with Crippen molar-refractivity contribution in [1.29, 1.82) is 0 Å². The van der Waals surface area contributed by atoms with Crippen LogP contribution in [-0.2, 0) is 6.42 Å². The molecule has 0 spiro atoms. The fraction of sp³-hybridized carbons (Fsp3) is 0.273. The van der Waals surface area contributed by atoms with E-state index >= 15 is 0 Å². The van der Waals surface area contributed by atoms with E-state index in [0.717, 1.165) is 16.9 Å². The Morgan fingerprint density at radius 1 is 1.41 bits per heavy atom. The van der Waals surface area contributed by atoms with E-state index in [0.29, 0.717) is 22.7 Å². The van der Waals surface area contributed by atoms with Gasteiger partial charge in [0.25, 0.3) is 5.22 Å². The second-order valence-electron chi connectivity index (χ2n) is 3.48. The molecule has 6 heteroatoms. The molecule has 0 saturated heterocycles. The van der Waals surface area contributed by atoms with Crippen LogP contribution >= 0.6 is 23.4 Å². The van der Waals surface area contributed by atoms with E-state index in [4.69, 9.17) is 21.8 Å². The zero-order valence-electron chi connectivity index (χ0n) is 9.31. The number of aromatic nitrogens is 2. The van der Waals surface area contributed by atoms with Crippen LogP contribution in [0.3, 0.4) is 0 Å². The molecule has 0 amide bonds. The third kappa shape index (κ3) is 3.21. The summed E-state index contributed by atoms with van der Waals surface area (Å²) in [7, 11) is 0. The Hall–Kier alpha value is -1.04. The van der Waals surface area contributed by atoms with Crippen LogP contribution in [0.2, 0.25) is 5.02 Å². The van der Waals surface area contributed by atoms with E-state index in [1.54, 1.807) is 6.92 Å². The van der Waals surface area contributed by atoms with E-state index in [9.17, 15) is 0 Å². The van der Waals surface area contributed by atoms with Gasteiger partial charge < -0.3 is 10.2 Å². The molecule has 2 N–H and O–H groups in total. The molecule has 2 rings (SSSR count). The highest BCUT2D eigenvalue weighted by molar-refractivity contribution is 7.99. The SMILES string of the molecule is Cc1nnc(Sc2cc(Cl)ccc2CCN)o1. The van der Waals surface area contributed by atoms with E-state index in [-0.39, 0.29) is 0 Å². The average Bonchev–Trinajstić information content (AvgIpc) is 2.68. The zero-order valence-corrected chi connectivity index (χ0v) is 10.9. The highest BCUT2D eigenvalue weighted by Gasteiger charge is 2.09. The van der Waals surface area contributed by atoms with Crippen molar-refractivity contribution in [2.45, 2.75) is 23.5 Å². The van der Waals surface area contributed by atoms with Gasteiger partial charge in [-0.1, -0.05) is 17.7 Å². The number of hydrogen-bond donors (Lipinski definition) is 1. The Kier molecular flexibility index (Phi) is 4.04. The largest absolute Gasteiger partial charge is 0.416 e. The lowest BCUT2D eigenvalue weighted by molar-refractivity contribution is 0.429. The molecule has 4 nitrogen and oxygen atoms in total. The van der Waals surface area contributed by atoms with E-state index in [1.165, 1.54) is 11.8 Å². The molecule has 2 aromatic rings. The molecule has 0 fully saturated rings. The molecule has 0 bridgehead atoms. The van der Waals surface area contributed by atoms with Gasteiger partial charge in [-0.2, -0.15) is 0 Å². The van der Waals surface area contributed by atoms with E-state index < -0.39 is 0 Å². The van der Waals surface area contributed by atoms with Crippen LogP contribution in [0.1, 0.15) is 11.5 Å². The Balaban J connectivity index is 2.26. The van der Waals surface area contributed by atoms with Gasteiger partial charge in [0, 0.05) is 16.8 Å². The summed E-state index contributed by atoms with van der Waals surface area (Å²) in [4.78, 5) is 1.01. The minimum atomic E-state index is 0.517. The van der Waals surface area contributed by atoms with Crippen molar-refractivity contribution < 1.29 is 4.42 Å². The molecule has 0 aliphatic carbocycles. The first-order valence-electron chi connectivity index (χ1n) is 5.15. The predicted octanol–water partition coefficient (Wildman–Crippen LogP) is 2.68. The molecule has 0 unspecified atom stereocenters. The van der Waals surface area contributed by atoms with Crippen molar-refractivity contribution in [1.82, 2.24) is 10.2 Å². The standard InChI is InChI=1S/C11H12ClN3OS/c1-7-14-15-11(16-7)17-10-6-9(12)3-2-8(10)4-5-13/h2-3,6H,4-5,13H2,1H3. The number of hydrogen-bond acceptors (Lipinski definition) is 5. The quantitative estimate of drug-likeness (QED) is 0.924. The maximum Gasteiger partial charge on any atom is 0.281 e. The fourth-order valence-electron chi connectivity index (χ4n) is 1.40. The molecule has 1 heterocycles. The van der Waals surface area contributed by atoms with E-state index in [1.807, 2.05) is 18.2 Å². The van der Waals surface area contributed by atoms with Crippen molar-refractivity contribution in [3.63, 3.8) is 0 Å². The zero-order chi connectivity index (χ0) is 12.3. The van der Waals surface area contributed by atoms with Crippen LogP contribution in [0.15, 0.2) is 32.7 Å². The number of rotatable bonds is 4. The van der Waals surface area contributed by atoms with Gasteiger partial charge in [0.05, 0.1) is 0 Å². The van der Waals surface area contributed by atoms with Crippen molar-refractivity contribution in [3.8, 4) is 0 Å². The lowest BCUT2D eigenvalue weighted by atomic mass is 10.1. The highest BCUT2D eigenvalue weighted by Crippen LogP contribution is 2.31. The monoisotopic (exact) mass is 269 g/mol. The minimum Gasteiger partial charge on any atom is -0.416 e. The number of aryl methyl sites for hydroxylation is 1. The van der Waals surface area contributed by atoms with Crippen LogP contribution in [-0.4, -0.2) is 16.7 Å². The van der Waals surface area contributed by atoms with Gasteiger partial charge >= 0.3 is 0 Å². The minimum absolute atomic E-state index is 0.517. The highest BCUT2D eigenvalue weighted by atomic mass is 35.5. The fourth-order valence-corrected chi connectivity index (χ4v) is 2.56. The summed E-state index contributed by atoms with van der Waals surface area (Å²) in [5.74, 6) is 0.551. The lowest BCUT2D eigenvalue weighted by Crippen LogP contribution is -2.03. The summed E-state index contributed by atoms with van der Waals surface area (Å²) in [5, 5.41) is 8.93. The van der Waals surface area contributed by atoms with Gasteiger partial charge in [-0.25, -0.2) is 0 Å². The Bertz CT molecular complexity index is 515. The van der Waals surface area contributed by atoms with Gasteiger partial charge in [0.1, 0.15) is 0 Å². The van der Waals surface area contributed by atoms with Crippen LogP contribution in [0.5, 0.6) is 0 Å². The maximum atomic E-state index is 5.98. The molecule has 1 aromatic heterocycles. The lowest BCUT2D eigenvalue weighted by Gasteiger charge is -2.06.